The van der Waals surface area contributed by atoms with E-state index in [4.69, 9.17) is 5.11 Å². The Morgan fingerprint density at radius 2 is 1.85 bits per heavy atom. The maximum atomic E-state index is 11.8. The lowest BCUT2D eigenvalue weighted by Crippen LogP contribution is -2.11. The van der Waals surface area contributed by atoms with Crippen LogP contribution in [0.4, 0.5) is 13.2 Å². The summed E-state index contributed by atoms with van der Waals surface area (Å²) in [7, 11) is 0. The van der Waals surface area contributed by atoms with Crippen molar-refractivity contribution in [2.75, 3.05) is 0 Å². The van der Waals surface area contributed by atoms with Crippen LogP contribution in [0.3, 0.4) is 0 Å². The Labute approximate surface area is 71.6 Å². The molecule has 1 aromatic rings. The van der Waals surface area contributed by atoms with Gasteiger partial charge in [-0.3, -0.25) is 0 Å². The fourth-order valence-electron chi connectivity index (χ4n) is 0.589. The van der Waals surface area contributed by atoms with Gasteiger partial charge < -0.3 is 5.11 Å². The van der Waals surface area contributed by atoms with Crippen molar-refractivity contribution >= 4 is 6.08 Å². The molecule has 70 valence electrons. The summed E-state index contributed by atoms with van der Waals surface area (Å²) in [6.45, 7) is 0. The molecular weight excluding hydrogens is 185 g/mol. The zero-order valence-corrected chi connectivity index (χ0v) is 6.28. The van der Waals surface area contributed by atoms with Crippen LogP contribution in [0, 0.1) is 0 Å². The van der Waals surface area contributed by atoms with Crippen molar-refractivity contribution in [1.82, 2.24) is 9.97 Å². The number of nitrogens with zero attached hydrogens (tertiary/aromatic N) is 2. The molecule has 0 amide bonds. The van der Waals surface area contributed by atoms with E-state index in [0.29, 0.717) is 6.08 Å². The van der Waals surface area contributed by atoms with Crippen molar-refractivity contribution in [1.29, 1.82) is 0 Å². The quantitative estimate of drug-likeness (QED) is 0.688. The van der Waals surface area contributed by atoms with Crippen molar-refractivity contribution in [3.63, 3.8) is 0 Å². The van der Waals surface area contributed by atoms with Crippen LogP contribution < -0.4 is 0 Å². The highest BCUT2D eigenvalue weighted by Gasteiger charge is 2.33. The minimum absolute atomic E-state index is 0.183. The van der Waals surface area contributed by atoms with Crippen molar-refractivity contribution < 1.29 is 18.3 Å². The van der Waals surface area contributed by atoms with Crippen molar-refractivity contribution in [2.45, 2.75) is 6.18 Å². The molecule has 1 aromatic heterocycles. The van der Waals surface area contributed by atoms with E-state index in [1.54, 1.807) is 0 Å². The van der Waals surface area contributed by atoms with Gasteiger partial charge in [0.05, 0.1) is 0 Å². The van der Waals surface area contributed by atoms with E-state index in [1.165, 1.54) is 18.5 Å². The maximum Gasteiger partial charge on any atom is 0.448 e. The number of hydrogen-bond acceptors (Lipinski definition) is 3. The van der Waals surface area contributed by atoms with E-state index >= 15 is 0 Å². The molecule has 13 heavy (non-hydrogen) atoms. The second-order valence-corrected chi connectivity index (χ2v) is 2.13. The molecule has 1 rings (SSSR count). The second kappa shape index (κ2) is 3.42. The lowest BCUT2D eigenvalue weighted by atomic mass is 10.4. The van der Waals surface area contributed by atoms with Gasteiger partial charge in [0.25, 0.3) is 0 Å². The Morgan fingerprint density at radius 1 is 1.31 bits per heavy atom. The number of rotatable bonds is 1. The Morgan fingerprint density at radius 3 is 2.31 bits per heavy atom. The molecule has 0 aromatic carbocycles. The predicted octanol–water partition coefficient (Wildman–Crippen LogP) is 1.94. The minimum atomic E-state index is -4.75. The summed E-state index contributed by atoms with van der Waals surface area (Å²) in [6, 6.07) is 1.46. The summed E-state index contributed by atoms with van der Waals surface area (Å²) in [4.78, 5) is 6.97. The number of halogens is 3. The zero-order valence-electron chi connectivity index (χ0n) is 6.28. The van der Waals surface area contributed by atoms with Crippen molar-refractivity contribution in [3.8, 4) is 0 Å². The number of aliphatic hydroxyl groups is 1. The Balaban J connectivity index is 2.90. The molecule has 0 aliphatic carbocycles. The molecule has 0 aliphatic heterocycles. The monoisotopic (exact) mass is 190 g/mol. The first kappa shape index (κ1) is 9.50. The summed E-state index contributed by atoms with van der Waals surface area (Å²) in [5.74, 6) is -1.89. The molecular formula is C7H5F3N2O. The largest absolute Gasteiger partial charge is 0.504 e. The highest BCUT2D eigenvalue weighted by atomic mass is 19.4. The zero-order chi connectivity index (χ0) is 9.90. The predicted molar refractivity (Wildman–Crippen MR) is 38.7 cm³/mol. The van der Waals surface area contributed by atoms with Crippen LogP contribution >= 0.6 is 0 Å². The minimum Gasteiger partial charge on any atom is -0.504 e. The van der Waals surface area contributed by atoms with Crippen LogP contribution in [0.5, 0.6) is 0 Å². The first-order valence-electron chi connectivity index (χ1n) is 3.25. The molecule has 0 saturated carbocycles. The van der Waals surface area contributed by atoms with E-state index in [2.05, 4.69) is 9.97 Å². The molecule has 0 bridgehead atoms. The lowest BCUT2D eigenvalue weighted by Gasteiger charge is -2.03. The number of allylic oxidation sites excluding steroid dienone is 1. The first-order chi connectivity index (χ1) is 6.00. The summed E-state index contributed by atoms with van der Waals surface area (Å²) in [6.07, 6.45) is -1.73. The lowest BCUT2D eigenvalue weighted by molar-refractivity contribution is -0.119. The van der Waals surface area contributed by atoms with E-state index in [1.807, 2.05) is 0 Å². The van der Waals surface area contributed by atoms with E-state index in [9.17, 15) is 13.2 Å². The molecule has 0 unspecified atom stereocenters. The van der Waals surface area contributed by atoms with Gasteiger partial charge in [0, 0.05) is 18.5 Å². The molecule has 0 atom stereocenters. The van der Waals surface area contributed by atoms with Crippen LogP contribution in [0.25, 0.3) is 6.08 Å². The van der Waals surface area contributed by atoms with Crippen LogP contribution in [-0.4, -0.2) is 21.3 Å². The number of aliphatic hydroxyl groups excluding tert-OH is 1. The van der Waals surface area contributed by atoms with Crippen LogP contribution in [0.15, 0.2) is 24.2 Å². The van der Waals surface area contributed by atoms with Gasteiger partial charge in [-0.1, -0.05) is 0 Å². The molecule has 3 nitrogen and oxygen atoms in total. The van der Waals surface area contributed by atoms with Gasteiger partial charge in [-0.25, -0.2) is 9.97 Å². The molecule has 0 fully saturated rings. The average Bonchev–Trinajstić information content (AvgIpc) is 2.04. The standard InChI is InChI=1S/C7H5F3N2O/c8-7(9,10)5(13)4-6-11-2-1-3-12-6/h1-4,13H/b5-4-. The molecule has 0 saturated heterocycles. The van der Waals surface area contributed by atoms with Crippen molar-refractivity contribution in [2.24, 2.45) is 0 Å². The third-order valence-electron chi connectivity index (χ3n) is 1.14. The summed E-state index contributed by atoms with van der Waals surface area (Å²) in [5, 5.41) is 8.50. The second-order valence-electron chi connectivity index (χ2n) is 2.13. The van der Waals surface area contributed by atoms with E-state index in [-0.39, 0.29) is 5.82 Å². The van der Waals surface area contributed by atoms with Gasteiger partial charge in [0.1, 0.15) is 0 Å². The molecule has 1 heterocycles. The van der Waals surface area contributed by atoms with Crippen molar-refractivity contribution in [3.05, 3.63) is 30.0 Å². The average molecular weight is 190 g/mol. The smallest absolute Gasteiger partial charge is 0.448 e. The van der Waals surface area contributed by atoms with Crippen LogP contribution in [-0.2, 0) is 0 Å². The fourth-order valence-corrected chi connectivity index (χ4v) is 0.589. The topological polar surface area (TPSA) is 46.0 Å². The normalized spacial score (nSPS) is 13.0. The molecule has 1 N–H and O–H groups in total. The Hall–Kier alpha value is -1.59. The third kappa shape index (κ3) is 2.73. The summed E-state index contributed by atoms with van der Waals surface area (Å²) >= 11 is 0. The molecule has 0 aliphatic rings. The Bertz CT molecular complexity index is 307. The summed E-state index contributed by atoms with van der Waals surface area (Å²) < 4.78 is 35.3. The maximum absolute atomic E-state index is 11.8. The van der Waals surface area contributed by atoms with Gasteiger partial charge in [-0.05, 0) is 6.07 Å². The van der Waals surface area contributed by atoms with Gasteiger partial charge in [0.2, 0.25) is 5.76 Å². The van der Waals surface area contributed by atoms with Gasteiger partial charge in [-0.15, -0.1) is 0 Å². The van der Waals surface area contributed by atoms with Gasteiger partial charge in [-0.2, -0.15) is 13.2 Å². The number of aromatic nitrogens is 2. The highest BCUT2D eigenvalue weighted by molar-refractivity contribution is 5.43. The Kier molecular flexibility index (Phi) is 2.50. The molecule has 0 spiro atoms. The van der Waals surface area contributed by atoms with E-state index in [0.717, 1.165) is 0 Å². The summed E-state index contributed by atoms with van der Waals surface area (Å²) in [5.41, 5.74) is 0. The van der Waals surface area contributed by atoms with Gasteiger partial charge >= 0.3 is 6.18 Å². The van der Waals surface area contributed by atoms with E-state index < -0.39 is 11.9 Å². The fraction of sp³-hybridized carbons (Fsp3) is 0.143. The van der Waals surface area contributed by atoms with Crippen LogP contribution in [0.1, 0.15) is 5.82 Å². The van der Waals surface area contributed by atoms with Gasteiger partial charge in [0.15, 0.2) is 5.82 Å². The number of hydrogen-bond donors (Lipinski definition) is 1. The molecule has 6 heteroatoms. The SMILES string of the molecule is O/C(=C\c1ncccn1)C(F)(F)F. The molecule has 0 radical (unpaired) electrons. The van der Waals surface area contributed by atoms with Crippen LogP contribution in [0.2, 0.25) is 0 Å². The third-order valence-corrected chi connectivity index (χ3v) is 1.14. The highest BCUT2D eigenvalue weighted by Crippen LogP contribution is 2.23. The first-order valence-corrected chi connectivity index (χ1v) is 3.25. The number of alkyl halides is 3.